The van der Waals surface area contributed by atoms with Crippen LogP contribution in [0.15, 0.2) is 12.2 Å². The van der Waals surface area contributed by atoms with Gasteiger partial charge in [0.25, 0.3) is 6.48 Å². The van der Waals surface area contributed by atoms with Gasteiger partial charge >= 0.3 is 0 Å². The number of fused-ring (bicyclic) bond motifs is 5. The SMILES string of the molecule is C[C@]12C=CCC[C@H]1CC[C@@H]1[C@@H]2CC[C@]2(C)[C@@H](OC(O)O)CC[C@@H]12. The van der Waals surface area contributed by atoms with Gasteiger partial charge in [-0.1, -0.05) is 26.0 Å². The molecule has 130 valence electrons. The highest BCUT2D eigenvalue weighted by atomic mass is 16.7. The van der Waals surface area contributed by atoms with Gasteiger partial charge < -0.3 is 14.9 Å². The monoisotopic (exact) mass is 320 g/mol. The first-order valence-electron chi connectivity index (χ1n) is 9.64. The highest BCUT2D eigenvalue weighted by Crippen LogP contribution is 2.65. The Labute approximate surface area is 140 Å². The number of rotatable bonds is 2. The van der Waals surface area contributed by atoms with Crippen molar-refractivity contribution in [2.24, 2.45) is 34.5 Å². The van der Waals surface area contributed by atoms with Gasteiger partial charge in [0.15, 0.2) is 0 Å². The summed E-state index contributed by atoms with van der Waals surface area (Å²) in [5.41, 5.74) is 0.532. The molecule has 2 N–H and O–H groups in total. The maximum atomic E-state index is 9.27. The molecule has 0 aromatic rings. The maximum Gasteiger partial charge on any atom is 0.266 e. The summed E-state index contributed by atoms with van der Waals surface area (Å²) in [6, 6.07) is 0. The molecule has 4 aliphatic rings. The standard InChI is InChI=1S/C20H32O3/c1-19-11-4-3-5-13(19)6-7-14-15-8-9-17(23-18(21)22)20(15,2)12-10-16(14)19/h4,11,13-18,21-22H,3,5-10,12H2,1-2H3/t13-,14-,15-,16-,17-,19-,20-/m0/s1. The smallest absolute Gasteiger partial charge is 0.266 e. The van der Waals surface area contributed by atoms with E-state index in [9.17, 15) is 10.2 Å². The third kappa shape index (κ3) is 2.34. The number of allylic oxidation sites excluding steroid dienone is 2. The lowest BCUT2D eigenvalue weighted by Gasteiger charge is -2.59. The number of hydrogen-bond acceptors (Lipinski definition) is 3. The van der Waals surface area contributed by atoms with Crippen LogP contribution in [-0.2, 0) is 4.74 Å². The van der Waals surface area contributed by atoms with E-state index in [0.29, 0.717) is 11.3 Å². The Kier molecular flexibility index (Phi) is 3.90. The molecule has 4 aliphatic carbocycles. The molecule has 0 bridgehead atoms. The Hall–Kier alpha value is -0.380. The Morgan fingerprint density at radius 3 is 2.61 bits per heavy atom. The summed E-state index contributed by atoms with van der Waals surface area (Å²) in [7, 11) is 0. The van der Waals surface area contributed by atoms with E-state index in [0.717, 1.165) is 24.2 Å². The molecule has 0 radical (unpaired) electrons. The van der Waals surface area contributed by atoms with Gasteiger partial charge in [0.05, 0.1) is 6.10 Å². The van der Waals surface area contributed by atoms with E-state index >= 15 is 0 Å². The average Bonchev–Trinajstić information content (AvgIpc) is 2.83. The van der Waals surface area contributed by atoms with Crippen LogP contribution in [0.1, 0.15) is 65.2 Å². The molecule has 0 unspecified atom stereocenters. The minimum absolute atomic E-state index is 0.0147. The molecule has 0 aromatic heterocycles. The minimum atomic E-state index is -1.62. The lowest BCUT2D eigenvalue weighted by Crippen LogP contribution is -2.52. The second-order valence-electron chi connectivity index (χ2n) is 9.07. The van der Waals surface area contributed by atoms with E-state index in [1.54, 1.807) is 0 Å². The molecule has 0 heterocycles. The predicted octanol–water partition coefficient (Wildman–Crippen LogP) is 3.85. The number of aliphatic hydroxyl groups excluding tert-OH is 1. The molecule has 0 aromatic carbocycles. The highest BCUT2D eigenvalue weighted by Gasteiger charge is 2.59. The van der Waals surface area contributed by atoms with Gasteiger partial charge in [-0.25, -0.2) is 0 Å². The summed E-state index contributed by atoms with van der Waals surface area (Å²) in [6.07, 6.45) is 15.0. The van der Waals surface area contributed by atoms with E-state index < -0.39 is 6.48 Å². The maximum absolute atomic E-state index is 9.27. The number of aliphatic hydroxyl groups is 2. The first-order chi connectivity index (χ1) is 10.9. The summed E-state index contributed by atoms with van der Waals surface area (Å²) in [5.74, 6) is 3.18. The summed E-state index contributed by atoms with van der Waals surface area (Å²) in [4.78, 5) is 0. The third-order valence-electron chi connectivity index (χ3n) is 8.32. The molecule has 0 amide bonds. The fourth-order valence-electron chi connectivity index (χ4n) is 7.14. The van der Waals surface area contributed by atoms with Crippen LogP contribution < -0.4 is 0 Å². The summed E-state index contributed by atoms with van der Waals surface area (Å²) < 4.78 is 5.49. The quantitative estimate of drug-likeness (QED) is 0.600. The largest absolute Gasteiger partial charge is 0.346 e. The first-order valence-corrected chi connectivity index (χ1v) is 9.64. The number of hydrogen-bond donors (Lipinski definition) is 2. The van der Waals surface area contributed by atoms with Crippen LogP contribution in [0.4, 0.5) is 0 Å². The summed E-state index contributed by atoms with van der Waals surface area (Å²) >= 11 is 0. The van der Waals surface area contributed by atoms with Crippen LogP contribution in [-0.4, -0.2) is 22.8 Å². The minimum Gasteiger partial charge on any atom is -0.346 e. The van der Waals surface area contributed by atoms with E-state index in [-0.39, 0.29) is 11.5 Å². The van der Waals surface area contributed by atoms with Crippen molar-refractivity contribution in [2.75, 3.05) is 0 Å². The summed E-state index contributed by atoms with van der Waals surface area (Å²) in [5, 5.41) is 18.5. The predicted molar refractivity (Wildman–Crippen MR) is 89.3 cm³/mol. The van der Waals surface area contributed by atoms with Crippen LogP contribution in [0.2, 0.25) is 0 Å². The molecule has 0 aliphatic heterocycles. The Bertz CT molecular complexity index is 487. The van der Waals surface area contributed by atoms with Crippen molar-refractivity contribution in [3.8, 4) is 0 Å². The molecule has 4 rings (SSSR count). The average molecular weight is 320 g/mol. The number of ether oxygens (including phenoxy) is 1. The first kappa shape index (κ1) is 16.1. The van der Waals surface area contributed by atoms with Crippen molar-refractivity contribution in [1.82, 2.24) is 0 Å². The van der Waals surface area contributed by atoms with Crippen molar-refractivity contribution in [3.05, 3.63) is 12.2 Å². The topological polar surface area (TPSA) is 49.7 Å². The van der Waals surface area contributed by atoms with Crippen molar-refractivity contribution in [1.29, 1.82) is 0 Å². The molecule has 0 spiro atoms. The van der Waals surface area contributed by atoms with Crippen molar-refractivity contribution in [2.45, 2.75) is 77.8 Å². The zero-order valence-corrected chi connectivity index (χ0v) is 14.6. The summed E-state index contributed by atoms with van der Waals surface area (Å²) in [6.45, 7) is 3.24. The van der Waals surface area contributed by atoms with Crippen LogP contribution in [0, 0.1) is 34.5 Å². The van der Waals surface area contributed by atoms with Gasteiger partial charge in [0, 0.05) is 0 Å². The zero-order chi connectivity index (χ0) is 16.2. The third-order valence-corrected chi connectivity index (χ3v) is 8.32. The van der Waals surface area contributed by atoms with Crippen molar-refractivity contribution in [3.63, 3.8) is 0 Å². The molecular weight excluding hydrogens is 288 g/mol. The lowest BCUT2D eigenvalue weighted by atomic mass is 9.46. The molecule has 3 nitrogen and oxygen atoms in total. The fraction of sp³-hybridized carbons (Fsp3) is 0.900. The van der Waals surface area contributed by atoms with Crippen LogP contribution in [0.5, 0.6) is 0 Å². The fourth-order valence-corrected chi connectivity index (χ4v) is 7.14. The Morgan fingerprint density at radius 2 is 1.83 bits per heavy atom. The van der Waals surface area contributed by atoms with Gasteiger partial charge in [0.1, 0.15) is 0 Å². The van der Waals surface area contributed by atoms with Crippen molar-refractivity contribution >= 4 is 0 Å². The normalized spacial score (nSPS) is 52.1. The molecular formula is C20H32O3. The van der Waals surface area contributed by atoms with Gasteiger partial charge in [-0.05, 0) is 85.9 Å². The second-order valence-corrected chi connectivity index (χ2v) is 9.07. The van der Waals surface area contributed by atoms with Gasteiger partial charge in [0.2, 0.25) is 0 Å². The Balaban J connectivity index is 1.60. The molecule has 23 heavy (non-hydrogen) atoms. The zero-order valence-electron chi connectivity index (χ0n) is 14.6. The molecule has 0 saturated heterocycles. The van der Waals surface area contributed by atoms with Gasteiger partial charge in [-0.3, -0.25) is 0 Å². The molecule has 3 saturated carbocycles. The highest BCUT2D eigenvalue weighted by molar-refractivity contribution is 5.15. The van der Waals surface area contributed by atoms with Gasteiger partial charge in [-0.15, -0.1) is 0 Å². The van der Waals surface area contributed by atoms with Gasteiger partial charge in [-0.2, -0.15) is 0 Å². The van der Waals surface area contributed by atoms with E-state index in [4.69, 9.17) is 4.74 Å². The lowest BCUT2D eigenvalue weighted by molar-refractivity contribution is -0.275. The van der Waals surface area contributed by atoms with Crippen LogP contribution >= 0.6 is 0 Å². The van der Waals surface area contributed by atoms with Crippen LogP contribution in [0.3, 0.4) is 0 Å². The van der Waals surface area contributed by atoms with Crippen LogP contribution in [0.25, 0.3) is 0 Å². The van der Waals surface area contributed by atoms with E-state index in [2.05, 4.69) is 26.0 Å². The van der Waals surface area contributed by atoms with E-state index in [1.807, 2.05) is 0 Å². The Morgan fingerprint density at radius 1 is 1.00 bits per heavy atom. The molecule has 3 heteroatoms. The second kappa shape index (κ2) is 5.57. The van der Waals surface area contributed by atoms with E-state index in [1.165, 1.54) is 44.9 Å². The van der Waals surface area contributed by atoms with Crippen molar-refractivity contribution < 1.29 is 14.9 Å². The molecule has 7 atom stereocenters. The molecule has 3 fully saturated rings.